The zero-order valence-electron chi connectivity index (χ0n) is 11.9. The summed E-state index contributed by atoms with van der Waals surface area (Å²) >= 11 is 0.840. The van der Waals surface area contributed by atoms with E-state index in [2.05, 4.69) is 14.5 Å². The Kier molecular flexibility index (Phi) is 6.24. The highest BCUT2D eigenvalue weighted by atomic mass is 32.2. The lowest BCUT2D eigenvalue weighted by Crippen LogP contribution is -2.29. The molecule has 1 heterocycles. The molecule has 8 nitrogen and oxygen atoms in total. The molecule has 0 aliphatic rings. The van der Waals surface area contributed by atoms with Crippen LogP contribution in [-0.2, 0) is 24.3 Å². The average Bonchev–Trinajstić information content (AvgIpc) is 2.96. The highest BCUT2D eigenvalue weighted by Gasteiger charge is 2.29. The number of ether oxygens (including phenoxy) is 2. The Balaban J connectivity index is 2.83. The van der Waals surface area contributed by atoms with E-state index in [1.165, 1.54) is 19.7 Å². The summed E-state index contributed by atoms with van der Waals surface area (Å²) in [6.07, 6.45) is 0.428. The van der Waals surface area contributed by atoms with E-state index in [0.717, 1.165) is 22.8 Å². The van der Waals surface area contributed by atoms with Crippen molar-refractivity contribution in [1.82, 2.24) is 9.29 Å². The van der Waals surface area contributed by atoms with E-state index in [1.54, 1.807) is 0 Å². The quantitative estimate of drug-likeness (QED) is 0.668. The van der Waals surface area contributed by atoms with Crippen LogP contribution in [0.15, 0.2) is 9.72 Å². The van der Waals surface area contributed by atoms with Gasteiger partial charge in [0.2, 0.25) is 0 Å². The molecule has 1 aromatic heterocycles. The second-order valence-corrected chi connectivity index (χ2v) is 7.08. The summed E-state index contributed by atoms with van der Waals surface area (Å²) in [4.78, 5) is 26.2. The number of thiazole rings is 1. The van der Waals surface area contributed by atoms with Crippen molar-refractivity contribution < 1.29 is 27.5 Å². The molecule has 0 unspecified atom stereocenters. The third-order valence-electron chi connectivity index (χ3n) is 2.64. The fourth-order valence-corrected chi connectivity index (χ4v) is 3.99. The minimum atomic E-state index is -3.85. The standard InChI is InChI=1S/C11H16N2O6S2/c1-13(6-4-5-8(14)18-2)21(16,17)11-9(10(15)19-3)12-7-20-11/h7H,4-6H2,1-3H3. The minimum absolute atomic E-state index is 0.114. The first-order valence-electron chi connectivity index (χ1n) is 5.89. The van der Waals surface area contributed by atoms with Crippen molar-refractivity contribution in [2.45, 2.75) is 17.1 Å². The van der Waals surface area contributed by atoms with Crippen LogP contribution < -0.4 is 0 Å². The van der Waals surface area contributed by atoms with Crippen LogP contribution in [0.2, 0.25) is 0 Å². The van der Waals surface area contributed by atoms with E-state index in [4.69, 9.17) is 0 Å². The summed E-state index contributed by atoms with van der Waals surface area (Å²) in [5, 5.41) is 0. The van der Waals surface area contributed by atoms with Gasteiger partial charge in [0, 0.05) is 20.0 Å². The maximum absolute atomic E-state index is 12.4. The van der Waals surface area contributed by atoms with Crippen LogP contribution in [0.25, 0.3) is 0 Å². The van der Waals surface area contributed by atoms with Crippen molar-refractivity contribution in [3.8, 4) is 0 Å². The molecule has 21 heavy (non-hydrogen) atoms. The molecule has 0 radical (unpaired) electrons. The minimum Gasteiger partial charge on any atom is -0.469 e. The fourth-order valence-electron chi connectivity index (χ4n) is 1.46. The Morgan fingerprint density at radius 2 is 2.00 bits per heavy atom. The van der Waals surface area contributed by atoms with E-state index >= 15 is 0 Å². The number of carbonyl (C=O) groups excluding carboxylic acids is 2. The molecule has 10 heteroatoms. The van der Waals surface area contributed by atoms with Gasteiger partial charge in [-0.1, -0.05) is 0 Å². The lowest BCUT2D eigenvalue weighted by atomic mass is 10.3. The molecule has 0 fully saturated rings. The number of hydrogen-bond donors (Lipinski definition) is 0. The Bertz CT molecular complexity index is 610. The average molecular weight is 336 g/mol. The van der Waals surface area contributed by atoms with E-state index in [-0.39, 0.29) is 22.9 Å². The Morgan fingerprint density at radius 3 is 2.57 bits per heavy atom. The molecule has 0 saturated heterocycles. The number of esters is 2. The fraction of sp³-hybridized carbons (Fsp3) is 0.545. The zero-order chi connectivity index (χ0) is 16.0. The highest BCUT2D eigenvalue weighted by Crippen LogP contribution is 2.24. The van der Waals surface area contributed by atoms with Gasteiger partial charge >= 0.3 is 11.9 Å². The van der Waals surface area contributed by atoms with Crippen molar-refractivity contribution >= 4 is 33.3 Å². The molecule has 0 bridgehead atoms. The maximum Gasteiger partial charge on any atom is 0.358 e. The van der Waals surface area contributed by atoms with Crippen molar-refractivity contribution in [3.05, 3.63) is 11.2 Å². The van der Waals surface area contributed by atoms with Crippen molar-refractivity contribution in [2.24, 2.45) is 0 Å². The van der Waals surface area contributed by atoms with E-state index in [9.17, 15) is 18.0 Å². The van der Waals surface area contributed by atoms with Gasteiger partial charge < -0.3 is 9.47 Å². The first-order chi connectivity index (χ1) is 9.84. The lowest BCUT2D eigenvalue weighted by molar-refractivity contribution is -0.140. The van der Waals surface area contributed by atoms with Crippen molar-refractivity contribution in [2.75, 3.05) is 27.8 Å². The molecule has 0 N–H and O–H groups in total. The van der Waals surface area contributed by atoms with Gasteiger partial charge in [-0.05, 0) is 6.42 Å². The Labute approximate surface area is 126 Å². The number of rotatable bonds is 7. The van der Waals surface area contributed by atoms with E-state index in [1.807, 2.05) is 0 Å². The summed E-state index contributed by atoms with van der Waals surface area (Å²) in [6, 6.07) is 0. The monoisotopic (exact) mass is 336 g/mol. The summed E-state index contributed by atoms with van der Waals surface area (Å²) in [5.41, 5.74) is 1.03. The summed E-state index contributed by atoms with van der Waals surface area (Å²) in [6.45, 7) is 0.121. The van der Waals surface area contributed by atoms with Gasteiger partial charge in [-0.3, -0.25) is 4.79 Å². The molecular formula is C11H16N2O6S2. The molecule has 0 saturated carbocycles. The van der Waals surface area contributed by atoms with Gasteiger partial charge in [0.15, 0.2) is 9.90 Å². The van der Waals surface area contributed by atoms with Gasteiger partial charge in [-0.2, -0.15) is 0 Å². The maximum atomic E-state index is 12.4. The van der Waals surface area contributed by atoms with Crippen LogP contribution in [0.4, 0.5) is 0 Å². The second-order valence-electron chi connectivity index (χ2n) is 3.99. The Hall–Kier alpha value is -1.52. The molecule has 0 amide bonds. The number of hydrogen-bond acceptors (Lipinski definition) is 8. The number of methoxy groups -OCH3 is 2. The number of sulfonamides is 1. The number of nitrogens with zero attached hydrogens (tertiary/aromatic N) is 2. The molecule has 0 aliphatic heterocycles. The molecule has 0 aliphatic carbocycles. The second kappa shape index (κ2) is 7.48. The lowest BCUT2D eigenvalue weighted by Gasteiger charge is -2.16. The molecular weight excluding hydrogens is 320 g/mol. The molecule has 1 rings (SSSR count). The predicted octanol–water partition coefficient (Wildman–Crippen LogP) is 0.503. The summed E-state index contributed by atoms with van der Waals surface area (Å²) in [7, 11) is -0.0637. The van der Waals surface area contributed by atoms with Crippen LogP contribution >= 0.6 is 11.3 Å². The van der Waals surface area contributed by atoms with Crippen molar-refractivity contribution in [3.63, 3.8) is 0 Å². The SMILES string of the molecule is COC(=O)CCCN(C)S(=O)(=O)c1scnc1C(=O)OC. The zero-order valence-corrected chi connectivity index (χ0v) is 13.5. The van der Waals surface area contributed by atoms with Crippen LogP contribution in [-0.4, -0.2) is 57.5 Å². The largest absolute Gasteiger partial charge is 0.469 e. The molecule has 118 valence electrons. The normalized spacial score (nSPS) is 11.4. The van der Waals surface area contributed by atoms with Crippen LogP contribution in [0.1, 0.15) is 23.3 Å². The molecule has 0 spiro atoms. The smallest absolute Gasteiger partial charge is 0.358 e. The van der Waals surface area contributed by atoms with Crippen LogP contribution in [0.3, 0.4) is 0 Å². The van der Waals surface area contributed by atoms with Crippen LogP contribution in [0, 0.1) is 0 Å². The Morgan fingerprint density at radius 1 is 1.33 bits per heavy atom. The van der Waals surface area contributed by atoms with E-state index < -0.39 is 22.0 Å². The highest BCUT2D eigenvalue weighted by molar-refractivity contribution is 7.91. The summed E-state index contributed by atoms with van der Waals surface area (Å²) in [5.74, 6) is -1.22. The third-order valence-corrected chi connectivity index (χ3v) is 5.84. The van der Waals surface area contributed by atoms with Gasteiger partial charge in [-0.25, -0.2) is 22.5 Å². The first-order valence-corrected chi connectivity index (χ1v) is 8.21. The van der Waals surface area contributed by atoms with Gasteiger partial charge in [0.1, 0.15) is 0 Å². The third kappa shape index (κ3) is 4.22. The number of carbonyl (C=O) groups is 2. The molecule has 1 aromatic rings. The number of aromatic nitrogens is 1. The van der Waals surface area contributed by atoms with Gasteiger partial charge in [-0.15, -0.1) is 11.3 Å². The first kappa shape index (κ1) is 17.5. The molecule has 0 atom stereocenters. The topological polar surface area (TPSA) is 103 Å². The van der Waals surface area contributed by atoms with Crippen LogP contribution in [0.5, 0.6) is 0 Å². The predicted molar refractivity (Wildman–Crippen MR) is 74.5 cm³/mol. The van der Waals surface area contributed by atoms with Gasteiger partial charge in [0.25, 0.3) is 10.0 Å². The van der Waals surface area contributed by atoms with Gasteiger partial charge in [0.05, 0.1) is 19.7 Å². The molecule has 0 aromatic carbocycles. The summed E-state index contributed by atoms with van der Waals surface area (Å²) < 4.78 is 34.6. The van der Waals surface area contributed by atoms with Crippen molar-refractivity contribution in [1.29, 1.82) is 0 Å². The van der Waals surface area contributed by atoms with E-state index in [0.29, 0.717) is 6.42 Å².